The van der Waals surface area contributed by atoms with Crippen molar-refractivity contribution in [1.82, 2.24) is 24.6 Å². The van der Waals surface area contributed by atoms with E-state index in [1.807, 2.05) is 19.2 Å². The molecular weight excluding hydrogens is 394 g/mol. The summed E-state index contributed by atoms with van der Waals surface area (Å²) in [7, 11) is 3.46. The summed E-state index contributed by atoms with van der Waals surface area (Å²) in [6.07, 6.45) is 1.76. The fraction of sp³-hybridized carbons (Fsp3) is 0.421. The Kier molecular flexibility index (Phi) is 5.70. The quantitative estimate of drug-likeness (QED) is 0.628. The SMILES string of the molecule is COc1ccc(Nc2nc(N3CCN(CCO)CC3)nc3c2cnn3C)cc1Cl. The van der Waals surface area contributed by atoms with E-state index in [9.17, 15) is 0 Å². The summed E-state index contributed by atoms with van der Waals surface area (Å²) in [5.74, 6) is 1.96. The number of aliphatic hydroxyl groups excluding tert-OH is 1. The molecule has 29 heavy (non-hydrogen) atoms. The second-order valence-corrected chi connectivity index (χ2v) is 7.31. The molecule has 0 spiro atoms. The van der Waals surface area contributed by atoms with Gasteiger partial charge in [0.1, 0.15) is 11.6 Å². The van der Waals surface area contributed by atoms with E-state index < -0.39 is 0 Å². The maximum absolute atomic E-state index is 9.14. The summed E-state index contributed by atoms with van der Waals surface area (Å²) in [6, 6.07) is 5.51. The van der Waals surface area contributed by atoms with E-state index in [4.69, 9.17) is 31.4 Å². The number of β-amino-alcohol motifs (C(OH)–C–C–N with tert-alkyl or cyclic N) is 1. The standard InChI is InChI=1S/C19H24ClN7O2/c1-25-18-14(12-21-25)17(22-13-3-4-16(29-2)15(20)11-13)23-19(24-18)27-7-5-26(6-8-27)9-10-28/h3-4,11-12,28H,5-10H2,1-2H3,(H,22,23,24). The number of nitrogens with zero attached hydrogens (tertiary/aromatic N) is 6. The molecule has 2 N–H and O–H groups in total. The number of rotatable bonds is 6. The van der Waals surface area contributed by atoms with Crippen molar-refractivity contribution in [3.05, 3.63) is 29.4 Å². The minimum atomic E-state index is 0.177. The van der Waals surface area contributed by atoms with Gasteiger partial charge in [0.25, 0.3) is 0 Å². The second-order valence-electron chi connectivity index (χ2n) is 6.90. The zero-order chi connectivity index (χ0) is 20.4. The number of methoxy groups -OCH3 is 1. The molecule has 2 aromatic heterocycles. The first-order valence-electron chi connectivity index (χ1n) is 9.47. The van der Waals surface area contributed by atoms with Crippen LogP contribution in [0.4, 0.5) is 17.5 Å². The molecule has 0 aliphatic carbocycles. The van der Waals surface area contributed by atoms with Crippen LogP contribution in [-0.4, -0.2) is 76.2 Å². The predicted octanol–water partition coefficient (Wildman–Crippen LogP) is 1.88. The van der Waals surface area contributed by atoms with E-state index in [1.54, 1.807) is 24.1 Å². The Hall–Kier alpha value is -2.62. The van der Waals surface area contributed by atoms with Crippen LogP contribution in [0.2, 0.25) is 5.02 Å². The maximum atomic E-state index is 9.14. The number of aryl methyl sites for hydroxylation is 1. The van der Waals surface area contributed by atoms with E-state index in [0.717, 1.165) is 42.9 Å². The van der Waals surface area contributed by atoms with Gasteiger partial charge in [-0.1, -0.05) is 11.6 Å². The summed E-state index contributed by atoms with van der Waals surface area (Å²) in [4.78, 5) is 13.9. The zero-order valence-corrected chi connectivity index (χ0v) is 17.2. The number of hydrogen-bond acceptors (Lipinski definition) is 8. The van der Waals surface area contributed by atoms with Crippen molar-refractivity contribution in [1.29, 1.82) is 0 Å². The van der Waals surface area contributed by atoms with E-state index in [1.165, 1.54) is 0 Å². The third-order valence-corrected chi connectivity index (χ3v) is 5.36. The molecule has 0 amide bonds. The molecule has 1 aliphatic rings. The second kappa shape index (κ2) is 8.40. The Balaban J connectivity index is 1.64. The van der Waals surface area contributed by atoms with Crippen molar-refractivity contribution < 1.29 is 9.84 Å². The number of benzene rings is 1. The Bertz CT molecular complexity index is 1000. The average molecular weight is 418 g/mol. The first-order valence-corrected chi connectivity index (χ1v) is 9.85. The average Bonchev–Trinajstić information content (AvgIpc) is 3.10. The molecule has 0 unspecified atom stereocenters. The number of fused-ring (bicyclic) bond motifs is 1. The number of hydrogen-bond donors (Lipinski definition) is 2. The van der Waals surface area contributed by atoms with Gasteiger partial charge in [0.2, 0.25) is 5.95 Å². The number of aromatic nitrogens is 4. The summed E-state index contributed by atoms with van der Waals surface area (Å²) < 4.78 is 6.97. The van der Waals surface area contributed by atoms with Crippen molar-refractivity contribution in [2.24, 2.45) is 7.05 Å². The largest absolute Gasteiger partial charge is 0.495 e. The number of aliphatic hydroxyl groups is 1. The molecule has 3 heterocycles. The minimum Gasteiger partial charge on any atom is -0.495 e. The molecule has 1 saturated heterocycles. The molecule has 0 bridgehead atoms. The van der Waals surface area contributed by atoms with Crippen LogP contribution in [0.25, 0.3) is 11.0 Å². The lowest BCUT2D eigenvalue weighted by Gasteiger charge is -2.34. The Morgan fingerprint density at radius 1 is 1.21 bits per heavy atom. The Morgan fingerprint density at radius 2 is 2.00 bits per heavy atom. The van der Waals surface area contributed by atoms with Crippen molar-refractivity contribution in [2.75, 3.05) is 56.7 Å². The van der Waals surface area contributed by atoms with E-state index in [-0.39, 0.29) is 6.61 Å². The Labute approximate surface area is 173 Å². The van der Waals surface area contributed by atoms with E-state index >= 15 is 0 Å². The van der Waals surface area contributed by atoms with Gasteiger partial charge >= 0.3 is 0 Å². The fourth-order valence-electron chi connectivity index (χ4n) is 3.44. The van der Waals surface area contributed by atoms with Crippen LogP contribution in [0, 0.1) is 0 Å². The summed E-state index contributed by atoms with van der Waals surface area (Å²) in [5.41, 5.74) is 1.56. The van der Waals surface area contributed by atoms with Gasteiger partial charge in [0.15, 0.2) is 5.65 Å². The molecule has 1 aliphatic heterocycles. The van der Waals surface area contributed by atoms with Gasteiger partial charge < -0.3 is 20.1 Å². The molecule has 154 valence electrons. The smallest absolute Gasteiger partial charge is 0.229 e. The van der Waals surface area contributed by atoms with Gasteiger partial charge in [0.05, 0.1) is 30.3 Å². The molecule has 1 fully saturated rings. The topological polar surface area (TPSA) is 91.6 Å². The molecule has 3 aromatic rings. The lowest BCUT2D eigenvalue weighted by atomic mass is 10.3. The third-order valence-electron chi connectivity index (χ3n) is 5.07. The predicted molar refractivity (Wildman–Crippen MR) is 113 cm³/mol. The normalized spacial score (nSPS) is 15.1. The molecule has 0 atom stereocenters. The maximum Gasteiger partial charge on any atom is 0.229 e. The highest BCUT2D eigenvalue weighted by Gasteiger charge is 2.21. The first kappa shape index (κ1) is 19.7. The van der Waals surface area contributed by atoms with Gasteiger partial charge in [-0.3, -0.25) is 9.58 Å². The van der Waals surface area contributed by atoms with Crippen molar-refractivity contribution in [3.8, 4) is 5.75 Å². The van der Waals surface area contributed by atoms with E-state index in [2.05, 4.69) is 20.2 Å². The number of nitrogens with one attached hydrogen (secondary N) is 1. The molecule has 0 radical (unpaired) electrons. The molecule has 1 aromatic carbocycles. The summed E-state index contributed by atoms with van der Waals surface area (Å²) >= 11 is 6.27. The van der Waals surface area contributed by atoms with Gasteiger partial charge in [-0.05, 0) is 18.2 Å². The van der Waals surface area contributed by atoms with E-state index in [0.29, 0.717) is 29.1 Å². The number of ether oxygens (including phenoxy) is 1. The molecule has 0 saturated carbocycles. The minimum absolute atomic E-state index is 0.177. The lowest BCUT2D eigenvalue weighted by Crippen LogP contribution is -2.47. The molecule has 4 rings (SSSR count). The van der Waals surface area contributed by atoms with Gasteiger partial charge in [-0.2, -0.15) is 15.1 Å². The Morgan fingerprint density at radius 3 is 2.69 bits per heavy atom. The summed E-state index contributed by atoms with van der Waals surface area (Å²) in [6.45, 7) is 4.21. The monoisotopic (exact) mass is 417 g/mol. The van der Waals surface area contributed by atoms with Crippen LogP contribution in [0.3, 0.4) is 0 Å². The number of piperazine rings is 1. The highest BCUT2D eigenvalue weighted by molar-refractivity contribution is 6.32. The van der Waals surface area contributed by atoms with Crippen LogP contribution in [0.5, 0.6) is 5.75 Å². The highest BCUT2D eigenvalue weighted by atomic mass is 35.5. The number of halogens is 1. The van der Waals surface area contributed by atoms with Crippen LogP contribution >= 0.6 is 11.6 Å². The van der Waals surface area contributed by atoms with Gasteiger partial charge in [-0.15, -0.1) is 0 Å². The first-order chi connectivity index (χ1) is 14.1. The van der Waals surface area contributed by atoms with Crippen LogP contribution in [0.15, 0.2) is 24.4 Å². The fourth-order valence-corrected chi connectivity index (χ4v) is 3.70. The lowest BCUT2D eigenvalue weighted by molar-refractivity contribution is 0.188. The molecule has 10 heteroatoms. The van der Waals surface area contributed by atoms with Crippen molar-refractivity contribution in [3.63, 3.8) is 0 Å². The zero-order valence-electron chi connectivity index (χ0n) is 16.5. The molecule has 9 nitrogen and oxygen atoms in total. The van der Waals surface area contributed by atoms with Crippen LogP contribution in [0.1, 0.15) is 0 Å². The summed E-state index contributed by atoms with van der Waals surface area (Å²) in [5, 5.41) is 18.2. The van der Waals surface area contributed by atoms with Crippen LogP contribution in [-0.2, 0) is 7.05 Å². The van der Waals surface area contributed by atoms with Crippen molar-refractivity contribution >= 4 is 40.1 Å². The molecular formula is C19H24ClN7O2. The van der Waals surface area contributed by atoms with Crippen molar-refractivity contribution in [2.45, 2.75) is 0 Å². The number of anilines is 3. The highest BCUT2D eigenvalue weighted by Crippen LogP contribution is 2.31. The van der Waals surface area contributed by atoms with Gasteiger partial charge in [-0.25, -0.2) is 0 Å². The third kappa shape index (κ3) is 4.07. The van der Waals surface area contributed by atoms with Gasteiger partial charge in [0, 0.05) is 45.5 Å². The van der Waals surface area contributed by atoms with Crippen LogP contribution < -0.4 is 15.0 Å².